The molecule has 1 saturated carbocycles. The summed E-state index contributed by atoms with van der Waals surface area (Å²) in [5, 5.41) is 0. The summed E-state index contributed by atoms with van der Waals surface area (Å²) in [5.74, 6) is -3.29. The standard InChI is InChI=1S/C32H36F4O/c1-3-5-7-24-12-13-25(30(34)29(24)33)20-37-26-16-14-23(15-17-26)28-19-18-27(31(35)32(28)36)22-10-8-21(6-4-2)9-11-22/h8-13,18-19,23,26H,3-7,14-17,20H2,1-2H3. The molecule has 1 fully saturated rings. The molecule has 0 unspecified atom stereocenters. The van der Waals surface area contributed by atoms with Gasteiger partial charge in [0.2, 0.25) is 0 Å². The van der Waals surface area contributed by atoms with Gasteiger partial charge < -0.3 is 4.74 Å². The van der Waals surface area contributed by atoms with Crippen molar-refractivity contribution in [3.8, 4) is 11.1 Å². The van der Waals surface area contributed by atoms with Gasteiger partial charge >= 0.3 is 0 Å². The number of unbranched alkanes of at least 4 members (excludes halogenated alkanes) is 1. The lowest BCUT2D eigenvalue weighted by molar-refractivity contribution is 0.0116. The van der Waals surface area contributed by atoms with Gasteiger partial charge in [0, 0.05) is 11.1 Å². The van der Waals surface area contributed by atoms with Crippen molar-refractivity contribution in [1.82, 2.24) is 0 Å². The molecule has 0 heterocycles. The normalized spacial score (nSPS) is 17.8. The molecule has 0 saturated heterocycles. The van der Waals surface area contributed by atoms with Crippen molar-refractivity contribution in [2.24, 2.45) is 0 Å². The van der Waals surface area contributed by atoms with Gasteiger partial charge in [-0.15, -0.1) is 0 Å². The SMILES string of the molecule is CCCCc1ccc(COC2CCC(c3ccc(-c4ccc(CCC)cc4)c(F)c3F)CC2)c(F)c1F. The average Bonchev–Trinajstić information content (AvgIpc) is 2.92. The van der Waals surface area contributed by atoms with Gasteiger partial charge in [0.25, 0.3) is 0 Å². The molecule has 0 bridgehead atoms. The Morgan fingerprint density at radius 3 is 2.03 bits per heavy atom. The van der Waals surface area contributed by atoms with Crippen LogP contribution in [0.3, 0.4) is 0 Å². The number of ether oxygens (including phenoxy) is 1. The monoisotopic (exact) mass is 512 g/mol. The molecular formula is C32H36F4O. The second-order valence-corrected chi connectivity index (χ2v) is 10.2. The fourth-order valence-electron chi connectivity index (χ4n) is 5.29. The van der Waals surface area contributed by atoms with E-state index in [-0.39, 0.29) is 29.8 Å². The average molecular weight is 513 g/mol. The van der Waals surface area contributed by atoms with Crippen LogP contribution in [0.15, 0.2) is 48.5 Å². The van der Waals surface area contributed by atoms with Crippen molar-refractivity contribution in [3.63, 3.8) is 0 Å². The molecule has 37 heavy (non-hydrogen) atoms. The predicted octanol–water partition coefficient (Wildman–Crippen LogP) is 9.45. The first kappa shape index (κ1) is 27.4. The summed E-state index contributed by atoms with van der Waals surface area (Å²) >= 11 is 0. The van der Waals surface area contributed by atoms with E-state index in [9.17, 15) is 8.78 Å². The number of hydrogen-bond donors (Lipinski definition) is 0. The Morgan fingerprint density at radius 2 is 1.35 bits per heavy atom. The summed E-state index contributed by atoms with van der Waals surface area (Å²) in [7, 11) is 0. The highest BCUT2D eigenvalue weighted by atomic mass is 19.2. The van der Waals surface area contributed by atoms with E-state index in [2.05, 4.69) is 6.92 Å². The van der Waals surface area contributed by atoms with Crippen LogP contribution in [0.4, 0.5) is 17.6 Å². The van der Waals surface area contributed by atoms with Gasteiger partial charge in [-0.1, -0.05) is 75.2 Å². The fraction of sp³-hybridized carbons (Fsp3) is 0.438. The third-order valence-corrected chi connectivity index (χ3v) is 7.55. The lowest BCUT2D eigenvalue weighted by Gasteiger charge is -2.29. The molecule has 3 aromatic rings. The van der Waals surface area contributed by atoms with Gasteiger partial charge in [-0.3, -0.25) is 0 Å². The minimum atomic E-state index is -0.833. The lowest BCUT2D eigenvalue weighted by Crippen LogP contribution is -2.21. The minimum absolute atomic E-state index is 0.000870. The first-order chi connectivity index (χ1) is 17.9. The van der Waals surface area contributed by atoms with E-state index < -0.39 is 23.3 Å². The van der Waals surface area contributed by atoms with Gasteiger partial charge in [0.1, 0.15) is 0 Å². The van der Waals surface area contributed by atoms with Crippen molar-refractivity contribution in [2.75, 3.05) is 0 Å². The molecule has 3 aromatic carbocycles. The second kappa shape index (κ2) is 12.7. The lowest BCUT2D eigenvalue weighted by atomic mass is 9.82. The van der Waals surface area contributed by atoms with Gasteiger partial charge in [-0.05, 0) is 73.1 Å². The van der Waals surface area contributed by atoms with E-state index >= 15 is 8.78 Å². The topological polar surface area (TPSA) is 9.23 Å². The molecule has 1 aliphatic rings. The smallest absolute Gasteiger partial charge is 0.166 e. The van der Waals surface area contributed by atoms with Crippen LogP contribution >= 0.6 is 0 Å². The van der Waals surface area contributed by atoms with Gasteiger partial charge in [-0.25, -0.2) is 17.6 Å². The molecule has 0 aromatic heterocycles. The molecule has 5 heteroatoms. The highest BCUT2D eigenvalue weighted by molar-refractivity contribution is 5.65. The maximum atomic E-state index is 15.1. The molecule has 0 aliphatic heterocycles. The molecule has 198 valence electrons. The fourth-order valence-corrected chi connectivity index (χ4v) is 5.29. The molecule has 0 N–H and O–H groups in total. The third-order valence-electron chi connectivity index (χ3n) is 7.55. The van der Waals surface area contributed by atoms with Crippen molar-refractivity contribution >= 4 is 0 Å². The minimum Gasteiger partial charge on any atom is -0.373 e. The maximum Gasteiger partial charge on any atom is 0.166 e. The number of benzene rings is 3. The number of hydrogen-bond acceptors (Lipinski definition) is 1. The Hall–Kier alpha value is -2.66. The Bertz CT molecular complexity index is 1180. The number of aryl methyl sites for hydroxylation is 2. The van der Waals surface area contributed by atoms with Crippen LogP contribution < -0.4 is 0 Å². The quantitative estimate of drug-likeness (QED) is 0.246. The van der Waals surface area contributed by atoms with E-state index in [0.717, 1.165) is 25.7 Å². The summed E-state index contributed by atoms with van der Waals surface area (Å²) in [6.45, 7) is 4.12. The zero-order valence-electron chi connectivity index (χ0n) is 21.8. The summed E-state index contributed by atoms with van der Waals surface area (Å²) in [6.07, 6.45) is 6.75. The molecule has 1 aliphatic carbocycles. The highest BCUT2D eigenvalue weighted by Crippen LogP contribution is 2.38. The summed E-state index contributed by atoms with van der Waals surface area (Å²) < 4.78 is 64.9. The Labute approximate surface area is 217 Å². The van der Waals surface area contributed by atoms with Crippen LogP contribution in [0, 0.1) is 23.3 Å². The Kier molecular flexibility index (Phi) is 9.42. The Morgan fingerprint density at radius 1 is 0.676 bits per heavy atom. The third kappa shape index (κ3) is 6.43. The van der Waals surface area contributed by atoms with E-state index in [4.69, 9.17) is 4.74 Å². The van der Waals surface area contributed by atoms with E-state index in [1.807, 2.05) is 31.2 Å². The maximum absolute atomic E-state index is 15.1. The van der Waals surface area contributed by atoms with Crippen LogP contribution in [0.5, 0.6) is 0 Å². The van der Waals surface area contributed by atoms with Crippen LogP contribution in [0.25, 0.3) is 11.1 Å². The van der Waals surface area contributed by atoms with Crippen LogP contribution in [0.1, 0.15) is 87.0 Å². The van der Waals surface area contributed by atoms with Gasteiger partial charge in [0.05, 0.1) is 12.7 Å². The molecule has 0 radical (unpaired) electrons. The molecule has 4 rings (SSSR count). The molecule has 0 spiro atoms. The van der Waals surface area contributed by atoms with Crippen molar-refractivity contribution in [3.05, 3.63) is 94.1 Å². The molecule has 0 atom stereocenters. The molecule has 0 amide bonds. The van der Waals surface area contributed by atoms with Crippen molar-refractivity contribution in [1.29, 1.82) is 0 Å². The van der Waals surface area contributed by atoms with Gasteiger partial charge in [-0.2, -0.15) is 0 Å². The van der Waals surface area contributed by atoms with E-state index in [0.29, 0.717) is 48.8 Å². The van der Waals surface area contributed by atoms with E-state index in [1.54, 1.807) is 24.3 Å². The number of rotatable bonds is 10. The second-order valence-electron chi connectivity index (χ2n) is 10.2. The highest BCUT2D eigenvalue weighted by Gasteiger charge is 2.27. The van der Waals surface area contributed by atoms with Gasteiger partial charge in [0.15, 0.2) is 23.3 Å². The molecule has 1 nitrogen and oxygen atoms in total. The largest absolute Gasteiger partial charge is 0.373 e. The number of halogens is 4. The predicted molar refractivity (Wildman–Crippen MR) is 141 cm³/mol. The van der Waals surface area contributed by atoms with Crippen LogP contribution in [-0.4, -0.2) is 6.10 Å². The first-order valence-corrected chi connectivity index (χ1v) is 13.6. The summed E-state index contributed by atoms with van der Waals surface area (Å²) in [4.78, 5) is 0. The van der Waals surface area contributed by atoms with Crippen molar-refractivity contribution < 1.29 is 22.3 Å². The van der Waals surface area contributed by atoms with Crippen LogP contribution in [0.2, 0.25) is 0 Å². The summed E-state index contributed by atoms with van der Waals surface area (Å²) in [6, 6.07) is 14.2. The zero-order chi connectivity index (χ0) is 26.4. The van der Waals surface area contributed by atoms with Crippen molar-refractivity contribution in [2.45, 2.75) is 90.3 Å². The first-order valence-electron chi connectivity index (χ1n) is 13.6. The molecular weight excluding hydrogens is 476 g/mol. The zero-order valence-corrected chi connectivity index (χ0v) is 21.8. The van der Waals surface area contributed by atoms with Crippen LogP contribution in [-0.2, 0) is 24.2 Å². The van der Waals surface area contributed by atoms with E-state index in [1.165, 1.54) is 5.56 Å². The summed E-state index contributed by atoms with van der Waals surface area (Å²) in [5.41, 5.74) is 3.14. The Balaban J connectivity index is 1.35.